The summed E-state index contributed by atoms with van der Waals surface area (Å²) in [6, 6.07) is 3.34. The molecule has 0 aromatic heterocycles. The van der Waals surface area contributed by atoms with E-state index in [2.05, 4.69) is 5.32 Å². The molecule has 0 spiro atoms. The Morgan fingerprint density at radius 1 is 1.27 bits per heavy atom. The molecule has 0 aliphatic rings. The van der Waals surface area contributed by atoms with E-state index in [4.69, 9.17) is 5.73 Å². The fourth-order valence-electron chi connectivity index (χ4n) is 1.28. The molecule has 15 heavy (non-hydrogen) atoms. The normalized spacial score (nSPS) is 14.0. The number of likely N-dealkylation sites (N-methyl/N-ethyl adjacent to an activating group) is 1. The van der Waals surface area contributed by atoms with Gasteiger partial charge in [-0.1, -0.05) is 6.07 Å². The van der Waals surface area contributed by atoms with Crippen molar-refractivity contribution >= 4 is 0 Å². The lowest BCUT2D eigenvalue weighted by Crippen LogP contribution is -2.46. The summed E-state index contributed by atoms with van der Waals surface area (Å²) in [4.78, 5) is 0. The summed E-state index contributed by atoms with van der Waals surface area (Å²) in [5, 5.41) is 3.03. The third-order valence-electron chi connectivity index (χ3n) is 2.72. The monoisotopic (exact) mass is 214 g/mol. The molecule has 1 aromatic carbocycles. The van der Waals surface area contributed by atoms with Gasteiger partial charge in [0.15, 0.2) is 11.6 Å². The van der Waals surface area contributed by atoms with Gasteiger partial charge in [0.2, 0.25) is 0 Å². The smallest absolute Gasteiger partial charge is 0.159 e. The standard InChI is InChI=1S/C11H16F2N2/c1-11(2,15-3)10(14)7-4-5-8(12)9(13)6-7/h4-6,10,15H,14H2,1-3H3. The van der Waals surface area contributed by atoms with Crippen molar-refractivity contribution in [3.05, 3.63) is 35.4 Å². The van der Waals surface area contributed by atoms with Crippen molar-refractivity contribution in [2.45, 2.75) is 25.4 Å². The van der Waals surface area contributed by atoms with Crippen LogP contribution in [0.15, 0.2) is 18.2 Å². The van der Waals surface area contributed by atoms with Crippen molar-refractivity contribution in [3.8, 4) is 0 Å². The van der Waals surface area contributed by atoms with E-state index in [1.54, 1.807) is 7.05 Å². The van der Waals surface area contributed by atoms with Crippen LogP contribution in [0, 0.1) is 11.6 Å². The second-order valence-corrected chi connectivity index (χ2v) is 4.12. The van der Waals surface area contributed by atoms with Gasteiger partial charge in [0.1, 0.15) is 0 Å². The summed E-state index contributed by atoms with van der Waals surface area (Å²) < 4.78 is 25.7. The fourth-order valence-corrected chi connectivity index (χ4v) is 1.28. The maximum atomic E-state index is 13.0. The zero-order valence-electron chi connectivity index (χ0n) is 9.14. The quantitative estimate of drug-likeness (QED) is 0.807. The Balaban J connectivity index is 3.02. The van der Waals surface area contributed by atoms with Gasteiger partial charge in [-0.05, 0) is 38.6 Å². The van der Waals surface area contributed by atoms with Gasteiger partial charge in [-0.3, -0.25) is 0 Å². The van der Waals surface area contributed by atoms with E-state index in [1.807, 2.05) is 13.8 Å². The van der Waals surface area contributed by atoms with Crippen LogP contribution in [-0.4, -0.2) is 12.6 Å². The van der Waals surface area contributed by atoms with Crippen LogP contribution >= 0.6 is 0 Å². The molecule has 0 saturated carbocycles. The van der Waals surface area contributed by atoms with Crippen molar-refractivity contribution in [1.29, 1.82) is 0 Å². The van der Waals surface area contributed by atoms with Crippen LogP contribution in [0.3, 0.4) is 0 Å². The zero-order valence-corrected chi connectivity index (χ0v) is 9.14. The molecule has 1 rings (SSSR count). The molecule has 1 unspecified atom stereocenters. The topological polar surface area (TPSA) is 38.0 Å². The average molecular weight is 214 g/mol. The molecule has 3 N–H and O–H groups in total. The van der Waals surface area contributed by atoms with Crippen LogP contribution in [0.2, 0.25) is 0 Å². The van der Waals surface area contributed by atoms with Crippen molar-refractivity contribution in [2.75, 3.05) is 7.05 Å². The Labute approximate surface area is 88.5 Å². The number of hydrogen-bond acceptors (Lipinski definition) is 2. The van der Waals surface area contributed by atoms with Gasteiger partial charge in [-0.2, -0.15) is 0 Å². The number of nitrogens with one attached hydrogen (secondary N) is 1. The fraction of sp³-hybridized carbons (Fsp3) is 0.455. The van der Waals surface area contributed by atoms with Gasteiger partial charge in [-0.25, -0.2) is 8.78 Å². The van der Waals surface area contributed by atoms with Crippen LogP contribution in [0.4, 0.5) is 8.78 Å². The minimum absolute atomic E-state index is 0.371. The van der Waals surface area contributed by atoms with E-state index in [0.717, 1.165) is 12.1 Å². The predicted octanol–water partition coefficient (Wildman–Crippen LogP) is 1.96. The highest BCUT2D eigenvalue weighted by Crippen LogP contribution is 2.23. The lowest BCUT2D eigenvalue weighted by molar-refractivity contribution is 0.347. The van der Waals surface area contributed by atoms with Gasteiger partial charge < -0.3 is 11.1 Å². The van der Waals surface area contributed by atoms with Crippen molar-refractivity contribution in [3.63, 3.8) is 0 Å². The molecule has 1 atom stereocenters. The van der Waals surface area contributed by atoms with Crippen LogP contribution in [-0.2, 0) is 0 Å². The van der Waals surface area contributed by atoms with Gasteiger partial charge in [0.05, 0.1) is 0 Å². The van der Waals surface area contributed by atoms with Gasteiger partial charge in [-0.15, -0.1) is 0 Å². The molecule has 1 aromatic rings. The first-order valence-electron chi connectivity index (χ1n) is 4.78. The second kappa shape index (κ2) is 4.24. The minimum Gasteiger partial charge on any atom is -0.322 e. The third kappa shape index (κ3) is 2.52. The molecule has 0 bridgehead atoms. The van der Waals surface area contributed by atoms with E-state index >= 15 is 0 Å². The number of hydrogen-bond donors (Lipinski definition) is 2. The largest absolute Gasteiger partial charge is 0.322 e. The summed E-state index contributed by atoms with van der Waals surface area (Å²) in [6.07, 6.45) is 0. The summed E-state index contributed by atoms with van der Waals surface area (Å²) >= 11 is 0. The number of benzene rings is 1. The number of rotatable bonds is 3. The van der Waals surface area contributed by atoms with Gasteiger partial charge in [0.25, 0.3) is 0 Å². The molecule has 84 valence electrons. The van der Waals surface area contributed by atoms with E-state index in [1.165, 1.54) is 6.07 Å². The van der Waals surface area contributed by atoms with Crippen LogP contribution in [0.1, 0.15) is 25.5 Å². The first-order valence-corrected chi connectivity index (χ1v) is 4.78. The van der Waals surface area contributed by atoms with Gasteiger partial charge >= 0.3 is 0 Å². The lowest BCUT2D eigenvalue weighted by Gasteiger charge is -2.31. The van der Waals surface area contributed by atoms with Crippen molar-refractivity contribution < 1.29 is 8.78 Å². The second-order valence-electron chi connectivity index (χ2n) is 4.12. The Hall–Kier alpha value is -1.00. The van der Waals surface area contributed by atoms with Crippen LogP contribution < -0.4 is 11.1 Å². The van der Waals surface area contributed by atoms with E-state index in [0.29, 0.717) is 5.56 Å². The van der Waals surface area contributed by atoms with Gasteiger partial charge in [0, 0.05) is 11.6 Å². The molecule has 4 heteroatoms. The molecule has 0 radical (unpaired) electrons. The maximum Gasteiger partial charge on any atom is 0.159 e. The lowest BCUT2D eigenvalue weighted by atomic mass is 9.89. The molecular formula is C11H16F2N2. The van der Waals surface area contributed by atoms with E-state index in [9.17, 15) is 8.78 Å². The van der Waals surface area contributed by atoms with Crippen LogP contribution in [0.5, 0.6) is 0 Å². The summed E-state index contributed by atoms with van der Waals surface area (Å²) in [6.45, 7) is 3.80. The average Bonchev–Trinajstić information content (AvgIpc) is 2.21. The molecule has 0 aliphatic heterocycles. The molecule has 0 saturated heterocycles. The molecule has 0 aliphatic carbocycles. The third-order valence-corrected chi connectivity index (χ3v) is 2.72. The van der Waals surface area contributed by atoms with Crippen molar-refractivity contribution in [2.24, 2.45) is 5.73 Å². The van der Waals surface area contributed by atoms with E-state index < -0.39 is 17.7 Å². The van der Waals surface area contributed by atoms with E-state index in [-0.39, 0.29) is 5.54 Å². The Morgan fingerprint density at radius 3 is 2.33 bits per heavy atom. The molecule has 2 nitrogen and oxygen atoms in total. The number of nitrogens with two attached hydrogens (primary N) is 1. The molecule has 0 amide bonds. The Kier molecular flexibility index (Phi) is 3.42. The Bertz CT molecular complexity index is 350. The maximum absolute atomic E-state index is 13.0. The predicted molar refractivity (Wildman–Crippen MR) is 56.4 cm³/mol. The zero-order chi connectivity index (χ0) is 11.6. The highest BCUT2D eigenvalue weighted by Gasteiger charge is 2.26. The molecular weight excluding hydrogens is 198 g/mol. The first-order chi connectivity index (χ1) is 6.88. The summed E-state index contributed by atoms with van der Waals surface area (Å²) in [5.74, 6) is -1.72. The first kappa shape index (κ1) is 12.1. The number of halogens is 2. The van der Waals surface area contributed by atoms with Crippen LogP contribution in [0.25, 0.3) is 0 Å². The summed E-state index contributed by atoms with van der Waals surface area (Å²) in [5.41, 5.74) is 6.16. The highest BCUT2D eigenvalue weighted by molar-refractivity contribution is 5.23. The SMILES string of the molecule is CNC(C)(C)C(N)c1ccc(F)c(F)c1. The Morgan fingerprint density at radius 2 is 1.87 bits per heavy atom. The molecule has 0 fully saturated rings. The highest BCUT2D eigenvalue weighted by atomic mass is 19.2. The van der Waals surface area contributed by atoms with Crippen molar-refractivity contribution in [1.82, 2.24) is 5.32 Å². The minimum atomic E-state index is -0.866. The molecule has 0 heterocycles. The summed E-state index contributed by atoms with van der Waals surface area (Å²) in [7, 11) is 1.78.